The van der Waals surface area contributed by atoms with E-state index in [-0.39, 0.29) is 0 Å². The van der Waals surface area contributed by atoms with Crippen LogP contribution in [0.3, 0.4) is 0 Å². The summed E-state index contributed by atoms with van der Waals surface area (Å²) in [6.45, 7) is 12.7. The Labute approximate surface area is 252 Å². The van der Waals surface area contributed by atoms with Gasteiger partial charge in [-0.3, -0.25) is 4.89 Å². The molecule has 4 nitrogen and oxygen atoms in total. The molecule has 0 fully saturated rings. The van der Waals surface area contributed by atoms with Crippen molar-refractivity contribution < 1.29 is 18.5 Å². The van der Waals surface area contributed by atoms with Crippen molar-refractivity contribution in [3.05, 3.63) is 112 Å². The van der Waals surface area contributed by atoms with Gasteiger partial charge < -0.3 is 9.05 Å². The summed E-state index contributed by atoms with van der Waals surface area (Å²) in [5.74, 6) is 1.18. The molecular formula is C38H35O4P. The number of allylic oxidation sites excluding steroid dienone is 4. The molecule has 0 aromatic heterocycles. The van der Waals surface area contributed by atoms with E-state index in [1.54, 1.807) is 0 Å². The van der Waals surface area contributed by atoms with Crippen LogP contribution in [0, 0.1) is 26.7 Å². The average molecular weight is 587 g/mol. The third-order valence-corrected chi connectivity index (χ3v) is 9.69. The Morgan fingerprint density at radius 3 is 1.79 bits per heavy atom. The fourth-order valence-corrected chi connectivity index (χ4v) is 8.38. The lowest BCUT2D eigenvalue weighted by Crippen LogP contribution is -2.06. The summed E-state index contributed by atoms with van der Waals surface area (Å²) in [5.41, 5.74) is 10.9. The van der Waals surface area contributed by atoms with Crippen LogP contribution < -0.4 is 9.05 Å². The standard InChI is InChI=1S/C38H35O4P/c1-21-15-23(3)33(24(4)16-21)31-19-27-11-7-9-13-29(27)35-36-30-14-10-8-12-28(30)20-32(34-25(5)17-22(2)18-26(34)6)38(36)42-43(39,40)41-37(31)35/h7-17,19-20,22H,18H2,1-6H3,(H,39,40). The maximum Gasteiger partial charge on any atom is 0.584 e. The first-order chi connectivity index (χ1) is 20.5. The molecular weight excluding hydrogens is 551 g/mol. The molecule has 2 atom stereocenters. The maximum atomic E-state index is 14.0. The Morgan fingerprint density at radius 1 is 0.721 bits per heavy atom. The minimum absolute atomic E-state index is 0.371. The molecule has 7 rings (SSSR count). The van der Waals surface area contributed by atoms with Crippen LogP contribution in [0.1, 0.15) is 49.4 Å². The maximum absolute atomic E-state index is 14.0. The molecule has 2 unspecified atom stereocenters. The Balaban J connectivity index is 1.70. The largest absolute Gasteiger partial charge is 0.584 e. The zero-order chi connectivity index (χ0) is 30.2. The molecule has 0 radical (unpaired) electrons. The topological polar surface area (TPSA) is 55.8 Å². The van der Waals surface area contributed by atoms with Gasteiger partial charge in [0.25, 0.3) is 0 Å². The Kier molecular flexibility index (Phi) is 6.43. The predicted molar refractivity (Wildman–Crippen MR) is 178 cm³/mol. The van der Waals surface area contributed by atoms with Crippen LogP contribution in [0.25, 0.3) is 49.4 Å². The summed E-state index contributed by atoms with van der Waals surface area (Å²) in [4.78, 5) is 11.4. The third kappa shape index (κ3) is 4.52. The van der Waals surface area contributed by atoms with Crippen LogP contribution >= 0.6 is 7.82 Å². The van der Waals surface area contributed by atoms with Crippen molar-refractivity contribution in [2.45, 2.75) is 48.0 Å². The number of rotatable bonds is 2. The molecule has 1 heterocycles. The first kappa shape index (κ1) is 27.7. The van der Waals surface area contributed by atoms with Crippen molar-refractivity contribution in [2.24, 2.45) is 5.92 Å². The number of benzene rings is 5. The van der Waals surface area contributed by atoms with Crippen LogP contribution in [-0.2, 0) is 4.57 Å². The minimum atomic E-state index is -4.61. The van der Waals surface area contributed by atoms with E-state index in [9.17, 15) is 9.46 Å². The zero-order valence-electron chi connectivity index (χ0n) is 25.4. The summed E-state index contributed by atoms with van der Waals surface area (Å²) in [6, 6.07) is 24.9. The molecule has 1 N–H and O–H groups in total. The molecule has 2 aliphatic rings. The molecule has 5 aromatic rings. The highest BCUT2D eigenvalue weighted by Crippen LogP contribution is 2.61. The van der Waals surface area contributed by atoms with Gasteiger partial charge in [0.2, 0.25) is 0 Å². The van der Waals surface area contributed by atoms with Crippen LogP contribution in [-0.4, -0.2) is 4.89 Å². The highest BCUT2D eigenvalue weighted by molar-refractivity contribution is 7.48. The highest BCUT2D eigenvalue weighted by atomic mass is 31.2. The SMILES string of the molecule is CC1=CC(C)CC(C)=C1c1cc2ccccc2c2c1OP(=O)(O)Oc1c(-c3c(C)cc(C)cc3C)cc3ccccc3c1-2. The molecule has 5 aromatic carbocycles. The fraction of sp³-hybridized carbons (Fsp3) is 0.211. The van der Waals surface area contributed by atoms with Gasteiger partial charge in [0.15, 0.2) is 0 Å². The Morgan fingerprint density at radius 2 is 1.23 bits per heavy atom. The van der Waals surface area contributed by atoms with E-state index in [0.717, 1.165) is 83.6 Å². The van der Waals surface area contributed by atoms with Gasteiger partial charge >= 0.3 is 7.82 Å². The van der Waals surface area contributed by atoms with Crippen LogP contribution in [0.2, 0.25) is 0 Å². The average Bonchev–Trinajstić information content (AvgIpc) is 3.05. The van der Waals surface area contributed by atoms with Gasteiger partial charge in [0.05, 0.1) is 0 Å². The molecule has 0 amide bonds. The first-order valence-electron chi connectivity index (χ1n) is 14.8. The lowest BCUT2D eigenvalue weighted by Gasteiger charge is -2.25. The summed E-state index contributed by atoms with van der Waals surface area (Å²) in [7, 11) is -4.61. The summed E-state index contributed by atoms with van der Waals surface area (Å²) >= 11 is 0. The van der Waals surface area contributed by atoms with E-state index in [4.69, 9.17) is 9.05 Å². The molecule has 1 aliphatic heterocycles. The zero-order valence-corrected chi connectivity index (χ0v) is 26.3. The third-order valence-electron chi connectivity index (χ3n) is 8.87. The number of hydrogen-bond acceptors (Lipinski definition) is 3. The van der Waals surface area contributed by atoms with Crippen molar-refractivity contribution in [3.63, 3.8) is 0 Å². The van der Waals surface area contributed by atoms with Crippen molar-refractivity contribution >= 4 is 34.9 Å². The molecule has 5 heteroatoms. The molecule has 0 saturated carbocycles. The first-order valence-corrected chi connectivity index (χ1v) is 16.3. The molecule has 0 saturated heterocycles. The Bertz CT molecular complexity index is 2090. The predicted octanol–water partition coefficient (Wildman–Crippen LogP) is 10.9. The van der Waals surface area contributed by atoms with Crippen LogP contribution in [0.15, 0.2) is 90.0 Å². The minimum Gasteiger partial charge on any atom is -0.394 e. The number of hydrogen-bond donors (Lipinski definition) is 1. The van der Waals surface area contributed by atoms with Gasteiger partial charge in [-0.15, -0.1) is 0 Å². The van der Waals surface area contributed by atoms with Crippen LogP contribution in [0.5, 0.6) is 11.5 Å². The number of aryl methyl sites for hydroxylation is 3. The molecule has 0 bridgehead atoms. The van der Waals surface area contributed by atoms with Gasteiger partial charge in [0, 0.05) is 22.3 Å². The summed E-state index contributed by atoms with van der Waals surface area (Å²) in [6.07, 6.45) is 3.19. The van der Waals surface area contributed by atoms with Gasteiger partial charge in [-0.25, -0.2) is 4.57 Å². The lowest BCUT2D eigenvalue weighted by atomic mass is 9.80. The van der Waals surface area contributed by atoms with Crippen LogP contribution in [0.4, 0.5) is 0 Å². The van der Waals surface area contributed by atoms with E-state index in [1.807, 2.05) is 24.3 Å². The fourth-order valence-electron chi connectivity index (χ4n) is 7.50. The molecule has 0 spiro atoms. The second kappa shape index (κ2) is 9.98. The highest BCUT2D eigenvalue weighted by Gasteiger charge is 2.38. The Hall–Kier alpha value is -4.11. The summed E-state index contributed by atoms with van der Waals surface area (Å²) < 4.78 is 26.4. The number of phosphoric ester groups is 1. The van der Waals surface area contributed by atoms with E-state index >= 15 is 0 Å². The van der Waals surface area contributed by atoms with E-state index in [2.05, 4.69) is 96.1 Å². The molecule has 43 heavy (non-hydrogen) atoms. The monoisotopic (exact) mass is 586 g/mol. The van der Waals surface area contributed by atoms with Gasteiger partial charge in [-0.1, -0.05) is 84.8 Å². The van der Waals surface area contributed by atoms with Gasteiger partial charge in [-0.05, 0) is 108 Å². The second-order valence-corrected chi connectivity index (χ2v) is 13.6. The van der Waals surface area contributed by atoms with E-state index < -0.39 is 7.82 Å². The quantitative estimate of drug-likeness (QED) is 0.209. The summed E-state index contributed by atoms with van der Waals surface area (Å²) in [5, 5.41) is 3.93. The van der Waals surface area contributed by atoms with Crippen molar-refractivity contribution in [3.8, 4) is 33.8 Å². The van der Waals surface area contributed by atoms with E-state index in [0.29, 0.717) is 17.4 Å². The second-order valence-electron chi connectivity index (χ2n) is 12.3. The van der Waals surface area contributed by atoms with E-state index in [1.165, 1.54) is 5.57 Å². The van der Waals surface area contributed by atoms with Gasteiger partial charge in [-0.2, -0.15) is 0 Å². The van der Waals surface area contributed by atoms with Crippen molar-refractivity contribution in [1.82, 2.24) is 0 Å². The van der Waals surface area contributed by atoms with Crippen molar-refractivity contribution in [1.29, 1.82) is 0 Å². The molecule has 216 valence electrons. The van der Waals surface area contributed by atoms with Gasteiger partial charge in [0.1, 0.15) is 11.5 Å². The lowest BCUT2D eigenvalue weighted by molar-refractivity contribution is 0.294. The molecule has 1 aliphatic carbocycles. The number of phosphoric acid groups is 1. The number of fused-ring (bicyclic) bond motifs is 7. The normalized spacial score (nSPS) is 19.8. The van der Waals surface area contributed by atoms with Crippen molar-refractivity contribution in [2.75, 3.05) is 0 Å². The smallest absolute Gasteiger partial charge is 0.394 e.